The second kappa shape index (κ2) is 7.81. The molecule has 0 fully saturated rings. The molecule has 0 aliphatic rings. The van der Waals surface area contributed by atoms with Crippen molar-refractivity contribution in [3.8, 4) is 0 Å². The molecule has 6 heteroatoms. The van der Waals surface area contributed by atoms with E-state index >= 15 is 0 Å². The van der Waals surface area contributed by atoms with Gasteiger partial charge in [-0.3, -0.25) is 0 Å². The molecule has 0 saturated heterocycles. The molecule has 23 heavy (non-hydrogen) atoms. The Morgan fingerprint density at radius 1 is 1.13 bits per heavy atom. The van der Waals surface area contributed by atoms with Gasteiger partial charge in [0.25, 0.3) is 0 Å². The number of urea groups is 1. The number of amides is 2. The van der Waals surface area contributed by atoms with Gasteiger partial charge in [-0.25, -0.2) is 13.2 Å². The minimum atomic E-state index is -3.02. The van der Waals surface area contributed by atoms with E-state index < -0.39 is 9.84 Å². The van der Waals surface area contributed by atoms with E-state index in [1.165, 1.54) is 6.26 Å². The lowest BCUT2D eigenvalue weighted by atomic mass is 9.82. The molecule has 2 atom stereocenters. The van der Waals surface area contributed by atoms with Crippen molar-refractivity contribution in [2.75, 3.05) is 12.0 Å². The summed E-state index contributed by atoms with van der Waals surface area (Å²) >= 11 is 0. The molecule has 0 aromatic heterocycles. The molecule has 1 aromatic carbocycles. The minimum absolute atomic E-state index is 0.0653. The van der Waals surface area contributed by atoms with Gasteiger partial charge in [-0.1, -0.05) is 51.1 Å². The van der Waals surface area contributed by atoms with Crippen LogP contribution in [-0.2, 0) is 9.84 Å². The fourth-order valence-corrected chi connectivity index (χ4v) is 3.09. The van der Waals surface area contributed by atoms with E-state index in [4.69, 9.17) is 0 Å². The standard InChI is InChI=1S/C17H28N2O3S/c1-13(11-12-23(5,21)22)18-16(20)19-15(17(2,3)4)14-9-7-6-8-10-14/h6-10,13,15H,11-12H2,1-5H3,(H2,18,19,20)/t13-,15+/m0/s1. The van der Waals surface area contributed by atoms with E-state index in [1.807, 2.05) is 30.3 Å². The van der Waals surface area contributed by atoms with E-state index in [0.29, 0.717) is 6.42 Å². The van der Waals surface area contributed by atoms with Gasteiger partial charge in [-0.2, -0.15) is 0 Å². The van der Waals surface area contributed by atoms with Crippen LogP contribution in [0.15, 0.2) is 30.3 Å². The van der Waals surface area contributed by atoms with Crippen LogP contribution < -0.4 is 10.6 Å². The van der Waals surface area contributed by atoms with Crippen molar-refractivity contribution in [1.29, 1.82) is 0 Å². The van der Waals surface area contributed by atoms with E-state index in [2.05, 4.69) is 31.4 Å². The molecule has 2 N–H and O–H groups in total. The summed E-state index contributed by atoms with van der Waals surface area (Å²) in [4.78, 5) is 12.2. The van der Waals surface area contributed by atoms with Crippen LogP contribution in [-0.4, -0.2) is 32.5 Å². The summed E-state index contributed by atoms with van der Waals surface area (Å²) in [5.41, 5.74) is 0.897. The second-order valence-corrected chi connectivity index (χ2v) is 9.41. The van der Waals surface area contributed by atoms with Crippen LogP contribution in [0.25, 0.3) is 0 Å². The van der Waals surface area contributed by atoms with Gasteiger partial charge < -0.3 is 10.6 Å². The van der Waals surface area contributed by atoms with Crippen molar-refractivity contribution in [1.82, 2.24) is 10.6 Å². The van der Waals surface area contributed by atoms with Gasteiger partial charge in [0.2, 0.25) is 0 Å². The van der Waals surface area contributed by atoms with Crippen molar-refractivity contribution >= 4 is 15.9 Å². The largest absolute Gasteiger partial charge is 0.336 e. The maximum absolute atomic E-state index is 12.2. The maximum Gasteiger partial charge on any atom is 0.315 e. The number of sulfone groups is 1. The van der Waals surface area contributed by atoms with Crippen molar-refractivity contribution in [2.24, 2.45) is 5.41 Å². The molecule has 0 radical (unpaired) electrons. The molecule has 0 saturated carbocycles. The Balaban J connectivity index is 2.68. The number of carbonyl (C=O) groups excluding carboxylic acids is 1. The van der Waals surface area contributed by atoms with E-state index in [-0.39, 0.29) is 29.3 Å². The smallest absolute Gasteiger partial charge is 0.315 e. The normalized spacial score (nSPS) is 14.8. The Labute approximate surface area is 139 Å². The summed E-state index contributed by atoms with van der Waals surface area (Å²) in [6.45, 7) is 8.01. The lowest BCUT2D eigenvalue weighted by Crippen LogP contribution is -2.45. The zero-order chi connectivity index (χ0) is 17.7. The lowest BCUT2D eigenvalue weighted by Gasteiger charge is -2.32. The van der Waals surface area contributed by atoms with Crippen molar-refractivity contribution in [3.63, 3.8) is 0 Å². The van der Waals surface area contributed by atoms with Gasteiger partial charge in [0.1, 0.15) is 9.84 Å². The fourth-order valence-electron chi connectivity index (χ4n) is 2.30. The van der Waals surface area contributed by atoms with Gasteiger partial charge in [-0.05, 0) is 24.3 Å². The Morgan fingerprint density at radius 3 is 2.17 bits per heavy atom. The SMILES string of the molecule is C[C@@H](CCS(C)(=O)=O)NC(=O)N[C@H](c1ccccc1)C(C)(C)C. The molecule has 1 rings (SSSR count). The number of hydrogen-bond acceptors (Lipinski definition) is 3. The topological polar surface area (TPSA) is 75.3 Å². The average molecular weight is 340 g/mol. The second-order valence-electron chi connectivity index (χ2n) is 7.15. The van der Waals surface area contributed by atoms with Crippen LogP contribution in [0.3, 0.4) is 0 Å². The highest BCUT2D eigenvalue weighted by Crippen LogP contribution is 2.32. The van der Waals surface area contributed by atoms with Crippen LogP contribution in [0.5, 0.6) is 0 Å². The monoisotopic (exact) mass is 340 g/mol. The molecule has 0 aliphatic heterocycles. The minimum Gasteiger partial charge on any atom is -0.336 e. The highest BCUT2D eigenvalue weighted by atomic mass is 32.2. The van der Waals surface area contributed by atoms with E-state index in [0.717, 1.165) is 5.56 Å². The van der Waals surface area contributed by atoms with Crippen molar-refractivity contribution in [2.45, 2.75) is 46.2 Å². The third kappa shape index (κ3) is 7.50. The molecule has 130 valence electrons. The molecular weight excluding hydrogens is 312 g/mol. The Bertz CT molecular complexity index is 606. The summed E-state index contributed by atoms with van der Waals surface area (Å²) in [7, 11) is -3.02. The summed E-state index contributed by atoms with van der Waals surface area (Å²) in [6, 6.07) is 9.19. The lowest BCUT2D eigenvalue weighted by molar-refractivity contribution is 0.215. The van der Waals surface area contributed by atoms with Crippen LogP contribution >= 0.6 is 0 Å². The molecule has 5 nitrogen and oxygen atoms in total. The molecule has 0 spiro atoms. The van der Waals surface area contributed by atoms with Crippen LogP contribution in [0.1, 0.15) is 45.7 Å². The molecular formula is C17H28N2O3S. The predicted octanol–water partition coefficient (Wildman–Crippen LogP) is 2.90. The molecule has 0 bridgehead atoms. The van der Waals surface area contributed by atoms with Gasteiger partial charge in [0.15, 0.2) is 0 Å². The number of rotatable bonds is 6. The van der Waals surface area contributed by atoms with Crippen molar-refractivity contribution in [3.05, 3.63) is 35.9 Å². The number of nitrogens with one attached hydrogen (secondary N) is 2. The summed E-state index contributed by atoms with van der Waals surface area (Å²) in [6.07, 6.45) is 1.60. The molecule has 0 unspecified atom stereocenters. The zero-order valence-electron chi connectivity index (χ0n) is 14.6. The maximum atomic E-state index is 12.2. The van der Waals surface area contributed by atoms with E-state index in [1.54, 1.807) is 6.92 Å². The average Bonchev–Trinajstić information content (AvgIpc) is 2.41. The van der Waals surface area contributed by atoms with Crippen LogP contribution in [0.2, 0.25) is 0 Å². The first kappa shape index (κ1) is 19.5. The number of benzene rings is 1. The molecule has 1 aromatic rings. The Kier molecular flexibility index (Phi) is 6.62. The van der Waals surface area contributed by atoms with E-state index in [9.17, 15) is 13.2 Å². The van der Waals surface area contributed by atoms with Crippen LogP contribution in [0, 0.1) is 5.41 Å². The Hall–Kier alpha value is -1.56. The van der Waals surface area contributed by atoms with Gasteiger partial charge >= 0.3 is 6.03 Å². The van der Waals surface area contributed by atoms with Gasteiger partial charge in [0.05, 0.1) is 11.8 Å². The first-order valence-corrected chi connectivity index (χ1v) is 9.85. The first-order chi connectivity index (χ1) is 10.5. The molecule has 0 aliphatic carbocycles. The summed E-state index contributed by atoms with van der Waals surface area (Å²) in [5, 5.41) is 5.81. The molecule has 2 amide bonds. The van der Waals surface area contributed by atoms with Gasteiger partial charge in [0, 0.05) is 12.3 Å². The highest BCUT2D eigenvalue weighted by molar-refractivity contribution is 7.90. The molecule has 0 heterocycles. The summed E-state index contributed by atoms with van der Waals surface area (Å²) in [5.74, 6) is 0.0653. The fraction of sp³-hybridized carbons (Fsp3) is 0.588. The highest BCUT2D eigenvalue weighted by Gasteiger charge is 2.28. The van der Waals surface area contributed by atoms with Crippen LogP contribution in [0.4, 0.5) is 4.79 Å². The third-order valence-electron chi connectivity index (χ3n) is 3.57. The quantitative estimate of drug-likeness (QED) is 0.836. The van der Waals surface area contributed by atoms with Crippen molar-refractivity contribution < 1.29 is 13.2 Å². The first-order valence-electron chi connectivity index (χ1n) is 7.79. The van der Waals surface area contributed by atoms with Gasteiger partial charge in [-0.15, -0.1) is 0 Å². The Morgan fingerprint density at radius 2 is 1.70 bits per heavy atom. The third-order valence-corrected chi connectivity index (χ3v) is 4.55. The predicted molar refractivity (Wildman–Crippen MR) is 94.1 cm³/mol. The number of hydrogen-bond donors (Lipinski definition) is 2. The summed E-state index contributed by atoms with van der Waals surface area (Å²) < 4.78 is 22.4. The number of carbonyl (C=O) groups is 1. The zero-order valence-corrected chi connectivity index (χ0v) is 15.4.